The van der Waals surface area contributed by atoms with Crippen LogP contribution in [-0.4, -0.2) is 29.9 Å². The molecular weight excluding hydrogens is 319 g/mol. The highest BCUT2D eigenvalue weighted by atomic mass is 19.1. The zero-order valence-electron chi connectivity index (χ0n) is 14.2. The number of benzene rings is 2. The van der Waals surface area contributed by atoms with Crippen LogP contribution in [0.15, 0.2) is 48.5 Å². The largest absolute Gasteiger partial charge is 0.489 e. The van der Waals surface area contributed by atoms with Gasteiger partial charge in [0.25, 0.3) is 5.91 Å². The number of carbonyl (C=O) groups excluding carboxylic acids is 1. The zero-order chi connectivity index (χ0) is 17.6. The van der Waals surface area contributed by atoms with Crippen molar-refractivity contribution >= 4 is 5.91 Å². The number of nitrogens with zero attached hydrogens (tertiary/aromatic N) is 1. The molecule has 1 fully saturated rings. The van der Waals surface area contributed by atoms with Crippen molar-refractivity contribution in [2.45, 2.75) is 31.9 Å². The first-order chi connectivity index (χ1) is 12.2. The average molecular weight is 342 g/mol. The van der Waals surface area contributed by atoms with E-state index in [0.29, 0.717) is 17.9 Å². The smallest absolute Gasteiger partial charge is 0.254 e. The van der Waals surface area contributed by atoms with E-state index in [1.807, 2.05) is 29.2 Å². The van der Waals surface area contributed by atoms with Crippen LogP contribution >= 0.6 is 0 Å². The Balaban J connectivity index is 1.69. The van der Waals surface area contributed by atoms with E-state index < -0.39 is 0 Å². The maximum atomic E-state index is 13.2. The van der Waals surface area contributed by atoms with Gasteiger partial charge in [-0.3, -0.25) is 4.79 Å². The van der Waals surface area contributed by atoms with Gasteiger partial charge in [-0.15, -0.1) is 0 Å². The molecule has 1 aliphatic rings. The normalized spacial score (nSPS) is 17.4. The molecule has 1 atom stereocenters. The van der Waals surface area contributed by atoms with E-state index in [1.165, 1.54) is 12.1 Å². The molecule has 5 heteroatoms. The van der Waals surface area contributed by atoms with E-state index in [1.54, 1.807) is 12.1 Å². The van der Waals surface area contributed by atoms with E-state index in [-0.39, 0.29) is 24.4 Å². The van der Waals surface area contributed by atoms with E-state index in [2.05, 4.69) is 0 Å². The van der Waals surface area contributed by atoms with Gasteiger partial charge < -0.3 is 15.4 Å². The minimum absolute atomic E-state index is 0.0164. The number of halogens is 1. The molecule has 0 aliphatic carbocycles. The molecule has 0 saturated carbocycles. The SMILES string of the molecule is NCC1CCCCN1C(=O)c1cccc(COc2cccc(F)c2)c1. The summed E-state index contributed by atoms with van der Waals surface area (Å²) in [5.41, 5.74) is 7.33. The number of hydrogen-bond donors (Lipinski definition) is 1. The van der Waals surface area contributed by atoms with Crippen molar-refractivity contribution < 1.29 is 13.9 Å². The number of carbonyl (C=O) groups is 1. The Kier molecular flexibility index (Phi) is 5.66. The number of piperidine rings is 1. The molecular formula is C20H23FN2O2. The number of amides is 1. The van der Waals surface area contributed by atoms with Crippen LogP contribution in [-0.2, 0) is 6.61 Å². The molecule has 25 heavy (non-hydrogen) atoms. The van der Waals surface area contributed by atoms with Gasteiger partial charge in [-0.25, -0.2) is 4.39 Å². The van der Waals surface area contributed by atoms with Gasteiger partial charge in [0.2, 0.25) is 0 Å². The van der Waals surface area contributed by atoms with Crippen molar-refractivity contribution in [3.05, 3.63) is 65.5 Å². The van der Waals surface area contributed by atoms with Crippen molar-refractivity contribution in [1.29, 1.82) is 0 Å². The molecule has 2 aromatic carbocycles. The molecule has 0 radical (unpaired) electrons. The zero-order valence-corrected chi connectivity index (χ0v) is 14.2. The van der Waals surface area contributed by atoms with E-state index in [4.69, 9.17) is 10.5 Å². The Morgan fingerprint density at radius 2 is 2.04 bits per heavy atom. The highest BCUT2D eigenvalue weighted by Gasteiger charge is 2.26. The highest BCUT2D eigenvalue weighted by Crippen LogP contribution is 2.20. The lowest BCUT2D eigenvalue weighted by molar-refractivity contribution is 0.0623. The molecule has 1 heterocycles. The summed E-state index contributed by atoms with van der Waals surface area (Å²) in [5, 5.41) is 0. The molecule has 2 N–H and O–H groups in total. The Bertz CT molecular complexity index is 735. The van der Waals surface area contributed by atoms with Crippen LogP contribution in [0.1, 0.15) is 35.2 Å². The van der Waals surface area contributed by atoms with Crippen molar-refractivity contribution in [2.24, 2.45) is 5.73 Å². The van der Waals surface area contributed by atoms with Crippen LogP contribution in [0.2, 0.25) is 0 Å². The fourth-order valence-corrected chi connectivity index (χ4v) is 3.20. The fraction of sp³-hybridized carbons (Fsp3) is 0.350. The van der Waals surface area contributed by atoms with Crippen molar-refractivity contribution in [1.82, 2.24) is 4.90 Å². The summed E-state index contributed by atoms with van der Waals surface area (Å²) in [5.74, 6) is 0.151. The van der Waals surface area contributed by atoms with Crippen LogP contribution in [0, 0.1) is 5.82 Å². The molecule has 3 rings (SSSR count). The second-order valence-electron chi connectivity index (χ2n) is 6.33. The Morgan fingerprint density at radius 1 is 1.20 bits per heavy atom. The number of nitrogens with two attached hydrogens (primary N) is 1. The summed E-state index contributed by atoms with van der Waals surface area (Å²) in [6.07, 6.45) is 3.10. The molecule has 0 bridgehead atoms. The van der Waals surface area contributed by atoms with Crippen LogP contribution in [0.4, 0.5) is 4.39 Å². The van der Waals surface area contributed by atoms with Crippen molar-refractivity contribution in [3.8, 4) is 5.75 Å². The lowest BCUT2D eigenvalue weighted by atomic mass is 10.0. The molecule has 0 spiro atoms. The van der Waals surface area contributed by atoms with Gasteiger partial charge in [0.15, 0.2) is 0 Å². The molecule has 4 nitrogen and oxygen atoms in total. The van der Waals surface area contributed by atoms with E-state index in [9.17, 15) is 9.18 Å². The number of hydrogen-bond acceptors (Lipinski definition) is 3. The van der Waals surface area contributed by atoms with Gasteiger partial charge in [0.1, 0.15) is 18.2 Å². The van der Waals surface area contributed by atoms with E-state index in [0.717, 1.165) is 31.4 Å². The number of rotatable bonds is 5. The first kappa shape index (κ1) is 17.4. The van der Waals surface area contributed by atoms with Gasteiger partial charge in [-0.1, -0.05) is 18.2 Å². The highest BCUT2D eigenvalue weighted by molar-refractivity contribution is 5.94. The third-order valence-electron chi connectivity index (χ3n) is 4.54. The van der Waals surface area contributed by atoms with Gasteiger partial charge in [-0.2, -0.15) is 0 Å². The second-order valence-corrected chi connectivity index (χ2v) is 6.33. The molecule has 0 aromatic heterocycles. The minimum atomic E-state index is -0.334. The van der Waals surface area contributed by atoms with Crippen LogP contribution < -0.4 is 10.5 Å². The van der Waals surface area contributed by atoms with E-state index >= 15 is 0 Å². The third-order valence-corrected chi connectivity index (χ3v) is 4.54. The Morgan fingerprint density at radius 3 is 2.84 bits per heavy atom. The third kappa shape index (κ3) is 4.37. The molecule has 1 amide bonds. The predicted molar refractivity (Wildman–Crippen MR) is 94.9 cm³/mol. The standard InChI is InChI=1S/C20H23FN2O2/c21-17-7-4-9-19(12-17)25-14-15-5-3-6-16(11-15)20(24)23-10-2-1-8-18(23)13-22/h3-7,9,11-12,18H,1-2,8,10,13-14,22H2. The number of ether oxygens (including phenoxy) is 1. The summed E-state index contributed by atoms with van der Waals surface area (Å²) >= 11 is 0. The Labute approximate surface area is 147 Å². The average Bonchev–Trinajstić information content (AvgIpc) is 2.66. The minimum Gasteiger partial charge on any atom is -0.489 e. The van der Waals surface area contributed by atoms with Crippen LogP contribution in [0.3, 0.4) is 0 Å². The summed E-state index contributed by atoms with van der Waals surface area (Å²) in [7, 11) is 0. The second kappa shape index (κ2) is 8.12. The first-order valence-corrected chi connectivity index (χ1v) is 8.65. The topological polar surface area (TPSA) is 55.6 Å². The van der Waals surface area contributed by atoms with Gasteiger partial charge in [-0.05, 0) is 49.1 Å². The predicted octanol–water partition coefficient (Wildman–Crippen LogP) is 3.36. The molecule has 1 unspecified atom stereocenters. The van der Waals surface area contributed by atoms with Gasteiger partial charge in [0.05, 0.1) is 0 Å². The van der Waals surface area contributed by atoms with Crippen LogP contribution in [0.25, 0.3) is 0 Å². The summed E-state index contributed by atoms with van der Waals surface area (Å²) in [4.78, 5) is 14.7. The first-order valence-electron chi connectivity index (χ1n) is 8.65. The maximum absolute atomic E-state index is 13.2. The van der Waals surface area contributed by atoms with Crippen LogP contribution in [0.5, 0.6) is 5.75 Å². The quantitative estimate of drug-likeness (QED) is 0.906. The van der Waals surface area contributed by atoms with Gasteiger partial charge >= 0.3 is 0 Å². The molecule has 2 aromatic rings. The molecule has 1 aliphatic heterocycles. The summed E-state index contributed by atoms with van der Waals surface area (Å²) < 4.78 is 18.8. The molecule has 132 valence electrons. The summed E-state index contributed by atoms with van der Waals surface area (Å²) in [6.45, 7) is 1.53. The maximum Gasteiger partial charge on any atom is 0.254 e. The van der Waals surface area contributed by atoms with Crippen molar-refractivity contribution in [2.75, 3.05) is 13.1 Å². The molecule has 1 saturated heterocycles. The van der Waals surface area contributed by atoms with Crippen molar-refractivity contribution in [3.63, 3.8) is 0 Å². The summed E-state index contributed by atoms with van der Waals surface area (Å²) in [6, 6.07) is 13.5. The monoisotopic (exact) mass is 342 g/mol. The Hall–Kier alpha value is -2.40. The lowest BCUT2D eigenvalue weighted by Crippen LogP contribution is -2.47. The fourth-order valence-electron chi connectivity index (χ4n) is 3.20. The van der Waals surface area contributed by atoms with Gasteiger partial charge in [0, 0.05) is 30.8 Å². The number of likely N-dealkylation sites (tertiary alicyclic amines) is 1. The lowest BCUT2D eigenvalue weighted by Gasteiger charge is -2.35.